The summed E-state index contributed by atoms with van der Waals surface area (Å²) in [4.78, 5) is 74.2. The highest BCUT2D eigenvalue weighted by atomic mass is 16.4. The van der Waals surface area contributed by atoms with E-state index in [1.165, 1.54) is 11.8 Å². The molecule has 1 fully saturated rings. The van der Waals surface area contributed by atoms with Crippen molar-refractivity contribution >= 4 is 35.5 Å². The van der Waals surface area contributed by atoms with E-state index in [0.717, 1.165) is 0 Å². The zero-order valence-corrected chi connectivity index (χ0v) is 20.9. The number of nitrogens with zero attached hydrogens (tertiary/aromatic N) is 1. The molecule has 1 rings (SSSR count). The highest BCUT2D eigenvalue weighted by Gasteiger charge is 2.37. The molecule has 4 atom stereocenters. The number of carbonyl (C=O) groups is 6. The first-order valence-corrected chi connectivity index (χ1v) is 11.7. The van der Waals surface area contributed by atoms with Crippen molar-refractivity contribution in [3.05, 3.63) is 0 Å². The molecule has 0 saturated carbocycles. The largest absolute Gasteiger partial charge is 0.480 e. The van der Waals surface area contributed by atoms with E-state index in [1.54, 1.807) is 27.7 Å². The number of nitrogens with two attached hydrogens (primary N) is 1. The van der Waals surface area contributed by atoms with Gasteiger partial charge in [-0.1, -0.05) is 27.7 Å². The van der Waals surface area contributed by atoms with Crippen molar-refractivity contribution in [1.82, 2.24) is 26.2 Å². The smallest absolute Gasteiger partial charge is 0.322 e. The van der Waals surface area contributed by atoms with Gasteiger partial charge < -0.3 is 37.0 Å². The lowest BCUT2D eigenvalue weighted by Crippen LogP contribution is -2.56. The van der Waals surface area contributed by atoms with E-state index in [2.05, 4.69) is 21.3 Å². The fourth-order valence-corrected chi connectivity index (χ4v) is 3.54. The maximum atomic E-state index is 12.9. The Kier molecular flexibility index (Phi) is 11.6. The summed E-state index contributed by atoms with van der Waals surface area (Å²) < 4.78 is 0. The number of carbonyl (C=O) groups excluding carboxylic acids is 5. The standard InChI is InChI=1S/C22H38N6O7/c1-11(2)17(23)20(33)26-13(5)22(35)28-8-6-7-14(28)19(32)24-9-15(29)27-18(12(3)4)21(34)25-10-16(30)31/h11-14,17-18H,6-10,23H2,1-5H3,(H,24,32)(H,25,34)(H,26,33)(H,27,29)(H,30,31). The van der Waals surface area contributed by atoms with Gasteiger partial charge in [-0.25, -0.2) is 0 Å². The Bertz CT molecular complexity index is 816. The van der Waals surface area contributed by atoms with Gasteiger partial charge in [0.2, 0.25) is 29.5 Å². The molecule has 13 heteroatoms. The maximum absolute atomic E-state index is 12.9. The number of hydrogen-bond acceptors (Lipinski definition) is 7. The fourth-order valence-electron chi connectivity index (χ4n) is 3.54. The van der Waals surface area contributed by atoms with E-state index >= 15 is 0 Å². The third-order valence-corrected chi connectivity index (χ3v) is 5.69. The first-order valence-electron chi connectivity index (χ1n) is 11.7. The minimum Gasteiger partial charge on any atom is -0.480 e. The van der Waals surface area contributed by atoms with E-state index in [-0.39, 0.29) is 11.8 Å². The molecular formula is C22H38N6O7. The van der Waals surface area contributed by atoms with E-state index in [4.69, 9.17) is 10.8 Å². The molecule has 0 aromatic rings. The number of carboxylic acid groups (broad SMARTS) is 1. The summed E-state index contributed by atoms with van der Waals surface area (Å²) in [6.07, 6.45) is 0.985. The summed E-state index contributed by atoms with van der Waals surface area (Å²) in [5.41, 5.74) is 5.82. The highest BCUT2D eigenvalue weighted by Crippen LogP contribution is 2.18. The molecule has 1 saturated heterocycles. The van der Waals surface area contributed by atoms with Crippen molar-refractivity contribution in [1.29, 1.82) is 0 Å². The molecule has 0 bridgehead atoms. The van der Waals surface area contributed by atoms with Crippen LogP contribution >= 0.6 is 0 Å². The van der Waals surface area contributed by atoms with Crippen molar-refractivity contribution in [2.24, 2.45) is 17.6 Å². The minimum absolute atomic E-state index is 0.104. The molecule has 4 unspecified atom stereocenters. The van der Waals surface area contributed by atoms with Gasteiger partial charge in [0.15, 0.2) is 0 Å². The zero-order valence-electron chi connectivity index (χ0n) is 20.9. The van der Waals surface area contributed by atoms with E-state index in [9.17, 15) is 28.8 Å². The second-order valence-corrected chi connectivity index (χ2v) is 9.31. The van der Waals surface area contributed by atoms with Crippen LogP contribution in [0, 0.1) is 11.8 Å². The number of rotatable bonds is 12. The molecule has 0 spiro atoms. The third kappa shape index (κ3) is 9.15. The summed E-state index contributed by atoms with van der Waals surface area (Å²) >= 11 is 0. The third-order valence-electron chi connectivity index (χ3n) is 5.69. The summed E-state index contributed by atoms with van der Waals surface area (Å²) in [5, 5.41) is 18.4. The first-order chi connectivity index (χ1) is 16.3. The summed E-state index contributed by atoms with van der Waals surface area (Å²) in [5.74, 6) is -4.34. The molecular weight excluding hydrogens is 460 g/mol. The number of hydrogen-bond donors (Lipinski definition) is 6. The van der Waals surface area contributed by atoms with Crippen LogP contribution in [0.5, 0.6) is 0 Å². The predicted molar refractivity (Wildman–Crippen MR) is 126 cm³/mol. The Balaban J connectivity index is 2.66. The molecule has 0 aromatic carbocycles. The van der Waals surface area contributed by atoms with Gasteiger partial charge in [-0.3, -0.25) is 28.8 Å². The second-order valence-electron chi connectivity index (χ2n) is 9.31. The van der Waals surface area contributed by atoms with Gasteiger partial charge >= 0.3 is 5.97 Å². The highest BCUT2D eigenvalue weighted by molar-refractivity contribution is 5.95. The molecule has 0 aliphatic carbocycles. The van der Waals surface area contributed by atoms with Crippen LogP contribution in [-0.2, 0) is 28.8 Å². The van der Waals surface area contributed by atoms with Crippen LogP contribution in [0.15, 0.2) is 0 Å². The second kappa shape index (κ2) is 13.6. The van der Waals surface area contributed by atoms with Crippen molar-refractivity contribution in [3.8, 4) is 0 Å². The van der Waals surface area contributed by atoms with Crippen molar-refractivity contribution in [2.75, 3.05) is 19.6 Å². The van der Waals surface area contributed by atoms with Crippen molar-refractivity contribution < 1.29 is 33.9 Å². The van der Waals surface area contributed by atoms with E-state index < -0.39 is 72.8 Å². The molecule has 35 heavy (non-hydrogen) atoms. The molecule has 1 heterocycles. The van der Waals surface area contributed by atoms with Crippen LogP contribution in [0.1, 0.15) is 47.5 Å². The summed E-state index contributed by atoms with van der Waals surface area (Å²) in [6.45, 7) is 7.79. The molecule has 198 valence electrons. The molecule has 13 nitrogen and oxygen atoms in total. The Labute approximate surface area is 204 Å². The van der Waals surface area contributed by atoms with Gasteiger partial charge in [0.1, 0.15) is 24.7 Å². The van der Waals surface area contributed by atoms with Gasteiger partial charge in [-0.05, 0) is 31.6 Å². The molecule has 1 aliphatic heterocycles. The number of aliphatic carboxylic acids is 1. The Morgan fingerprint density at radius 1 is 0.914 bits per heavy atom. The average Bonchev–Trinajstić information content (AvgIpc) is 3.27. The summed E-state index contributed by atoms with van der Waals surface area (Å²) in [7, 11) is 0. The molecule has 0 radical (unpaired) electrons. The predicted octanol–water partition coefficient (Wildman–Crippen LogP) is -2.08. The number of amides is 5. The molecule has 0 aromatic heterocycles. The Hall–Kier alpha value is -3.22. The van der Waals surface area contributed by atoms with Gasteiger partial charge in [0.25, 0.3) is 0 Å². The molecule has 7 N–H and O–H groups in total. The van der Waals surface area contributed by atoms with Gasteiger partial charge in [-0.15, -0.1) is 0 Å². The van der Waals surface area contributed by atoms with Crippen LogP contribution in [0.2, 0.25) is 0 Å². The average molecular weight is 499 g/mol. The lowest BCUT2D eigenvalue weighted by atomic mass is 10.0. The fraction of sp³-hybridized carbons (Fsp3) is 0.727. The van der Waals surface area contributed by atoms with Crippen molar-refractivity contribution in [3.63, 3.8) is 0 Å². The number of likely N-dealkylation sites (tertiary alicyclic amines) is 1. The Morgan fingerprint density at radius 3 is 2.09 bits per heavy atom. The zero-order chi connectivity index (χ0) is 26.9. The van der Waals surface area contributed by atoms with E-state index in [1.807, 2.05) is 0 Å². The van der Waals surface area contributed by atoms with Crippen LogP contribution in [0.4, 0.5) is 0 Å². The Morgan fingerprint density at radius 2 is 1.54 bits per heavy atom. The molecule has 1 aliphatic rings. The number of nitrogens with one attached hydrogen (secondary N) is 4. The van der Waals surface area contributed by atoms with Crippen LogP contribution < -0.4 is 27.0 Å². The topological polar surface area (TPSA) is 200 Å². The first kappa shape index (κ1) is 29.8. The minimum atomic E-state index is -1.22. The monoisotopic (exact) mass is 498 g/mol. The maximum Gasteiger partial charge on any atom is 0.322 e. The number of carboxylic acids is 1. The van der Waals surface area contributed by atoms with Gasteiger partial charge in [-0.2, -0.15) is 0 Å². The molecule has 5 amide bonds. The van der Waals surface area contributed by atoms with Crippen LogP contribution in [-0.4, -0.2) is 89.3 Å². The van der Waals surface area contributed by atoms with Crippen LogP contribution in [0.25, 0.3) is 0 Å². The van der Waals surface area contributed by atoms with Crippen molar-refractivity contribution in [2.45, 2.75) is 71.6 Å². The quantitative estimate of drug-likeness (QED) is 0.176. The lowest BCUT2D eigenvalue weighted by molar-refractivity contribution is -0.141. The van der Waals surface area contributed by atoms with Gasteiger partial charge in [0.05, 0.1) is 12.6 Å². The SMILES string of the molecule is CC(NC(=O)C(N)C(C)C)C(=O)N1CCCC1C(=O)NCC(=O)NC(C(=O)NCC(=O)O)C(C)C. The van der Waals surface area contributed by atoms with Gasteiger partial charge in [0, 0.05) is 6.54 Å². The van der Waals surface area contributed by atoms with Crippen LogP contribution in [0.3, 0.4) is 0 Å². The normalized spacial score (nSPS) is 17.9. The summed E-state index contributed by atoms with van der Waals surface area (Å²) in [6, 6.07) is -3.42. The lowest BCUT2D eigenvalue weighted by Gasteiger charge is -2.28. The van der Waals surface area contributed by atoms with E-state index in [0.29, 0.717) is 19.4 Å².